The Bertz CT molecular complexity index is 524. The molecule has 5 nitrogen and oxygen atoms in total. The first-order valence-corrected chi connectivity index (χ1v) is 9.27. The van der Waals surface area contributed by atoms with Crippen LogP contribution in [-0.4, -0.2) is 48.6 Å². The Balaban J connectivity index is 1.57. The number of likely N-dealkylation sites (tertiary alicyclic amines) is 1. The maximum absolute atomic E-state index is 12.7. The van der Waals surface area contributed by atoms with Crippen molar-refractivity contribution in [3.8, 4) is 0 Å². The molecule has 3 rings (SSSR count). The largest absolute Gasteiger partial charge is 0.384 e. The van der Waals surface area contributed by atoms with Crippen molar-refractivity contribution in [3.05, 3.63) is 23.9 Å². The monoisotopic (exact) mass is 331 g/mol. The van der Waals surface area contributed by atoms with Gasteiger partial charge in [0.1, 0.15) is 5.82 Å². The summed E-state index contributed by atoms with van der Waals surface area (Å²) in [6.07, 6.45) is 10.3. The Kier molecular flexibility index (Phi) is 6.07. The third kappa shape index (κ3) is 4.47. The SMILES string of the molecule is COC[C@H]1CCCN(C(=O)c2ccc(NC3CCCCC3)nc2)C1. The summed E-state index contributed by atoms with van der Waals surface area (Å²) >= 11 is 0. The molecular formula is C19H29N3O2. The predicted molar refractivity (Wildman–Crippen MR) is 95.2 cm³/mol. The summed E-state index contributed by atoms with van der Waals surface area (Å²) in [6, 6.07) is 4.38. The van der Waals surface area contributed by atoms with E-state index in [1.54, 1.807) is 13.3 Å². The standard InChI is InChI=1S/C19H29N3O2/c1-24-14-15-6-5-11-22(13-15)19(23)16-9-10-18(20-12-16)21-17-7-3-2-4-8-17/h9-10,12,15,17H,2-8,11,13-14H2,1H3,(H,20,21)/t15-/m0/s1. The fraction of sp³-hybridized carbons (Fsp3) is 0.684. The minimum Gasteiger partial charge on any atom is -0.384 e. The predicted octanol–water partition coefficient (Wildman–Crippen LogP) is 3.32. The fourth-order valence-electron chi connectivity index (χ4n) is 3.87. The van der Waals surface area contributed by atoms with Crippen molar-refractivity contribution in [2.24, 2.45) is 5.92 Å². The Morgan fingerprint density at radius 3 is 2.79 bits per heavy atom. The molecule has 1 aliphatic heterocycles. The molecule has 0 unspecified atom stereocenters. The molecule has 1 saturated heterocycles. The van der Waals surface area contributed by atoms with Crippen LogP contribution in [0.5, 0.6) is 0 Å². The number of ether oxygens (including phenoxy) is 1. The van der Waals surface area contributed by atoms with Gasteiger partial charge >= 0.3 is 0 Å². The molecule has 2 heterocycles. The zero-order valence-corrected chi connectivity index (χ0v) is 14.7. The highest BCUT2D eigenvalue weighted by Gasteiger charge is 2.24. The highest BCUT2D eigenvalue weighted by atomic mass is 16.5. The highest BCUT2D eigenvalue weighted by Crippen LogP contribution is 2.22. The van der Waals surface area contributed by atoms with Crippen molar-refractivity contribution < 1.29 is 9.53 Å². The van der Waals surface area contributed by atoms with Crippen molar-refractivity contribution in [1.82, 2.24) is 9.88 Å². The Labute approximate surface area is 144 Å². The molecule has 1 atom stereocenters. The number of rotatable bonds is 5. The van der Waals surface area contributed by atoms with Crippen LogP contribution < -0.4 is 5.32 Å². The number of amides is 1. The lowest BCUT2D eigenvalue weighted by Crippen LogP contribution is -2.41. The van der Waals surface area contributed by atoms with Gasteiger partial charge in [-0.15, -0.1) is 0 Å². The Morgan fingerprint density at radius 1 is 1.25 bits per heavy atom. The topological polar surface area (TPSA) is 54.5 Å². The van der Waals surface area contributed by atoms with Crippen LogP contribution in [0.15, 0.2) is 18.3 Å². The Hall–Kier alpha value is -1.62. The number of pyridine rings is 1. The minimum absolute atomic E-state index is 0.0903. The summed E-state index contributed by atoms with van der Waals surface area (Å²) in [5, 5.41) is 3.50. The molecule has 0 aromatic carbocycles. The summed E-state index contributed by atoms with van der Waals surface area (Å²) in [4.78, 5) is 19.1. The van der Waals surface area contributed by atoms with E-state index in [1.807, 2.05) is 17.0 Å². The summed E-state index contributed by atoms with van der Waals surface area (Å²) in [5.41, 5.74) is 0.683. The van der Waals surface area contributed by atoms with Crippen molar-refractivity contribution in [2.45, 2.75) is 51.0 Å². The zero-order valence-electron chi connectivity index (χ0n) is 14.7. The molecule has 1 saturated carbocycles. The first kappa shape index (κ1) is 17.2. The number of anilines is 1. The van der Waals surface area contributed by atoms with E-state index in [9.17, 15) is 4.79 Å². The molecule has 2 fully saturated rings. The number of hydrogen-bond donors (Lipinski definition) is 1. The van der Waals surface area contributed by atoms with Gasteiger partial charge < -0.3 is 15.0 Å². The number of aromatic nitrogens is 1. The minimum atomic E-state index is 0.0903. The van der Waals surface area contributed by atoms with Gasteiger partial charge in [-0.1, -0.05) is 19.3 Å². The van der Waals surface area contributed by atoms with Crippen LogP contribution in [0.3, 0.4) is 0 Å². The third-order valence-corrected chi connectivity index (χ3v) is 5.18. The lowest BCUT2D eigenvalue weighted by molar-refractivity contribution is 0.0570. The molecule has 0 bridgehead atoms. The van der Waals surface area contributed by atoms with Crippen LogP contribution in [0.1, 0.15) is 55.3 Å². The molecule has 24 heavy (non-hydrogen) atoms. The van der Waals surface area contributed by atoms with Crippen LogP contribution in [0.4, 0.5) is 5.82 Å². The molecule has 1 aromatic heterocycles. The van der Waals surface area contributed by atoms with Crippen molar-refractivity contribution >= 4 is 11.7 Å². The maximum Gasteiger partial charge on any atom is 0.255 e. The van der Waals surface area contributed by atoms with Gasteiger partial charge in [-0.3, -0.25) is 4.79 Å². The lowest BCUT2D eigenvalue weighted by Gasteiger charge is -2.32. The second-order valence-electron chi connectivity index (χ2n) is 7.13. The van der Waals surface area contributed by atoms with Crippen LogP contribution >= 0.6 is 0 Å². The van der Waals surface area contributed by atoms with Gasteiger partial charge in [-0.2, -0.15) is 0 Å². The van der Waals surface area contributed by atoms with Crippen LogP contribution in [0.25, 0.3) is 0 Å². The number of nitrogens with zero attached hydrogens (tertiary/aromatic N) is 2. The number of methoxy groups -OCH3 is 1. The highest BCUT2D eigenvalue weighted by molar-refractivity contribution is 5.94. The van der Waals surface area contributed by atoms with E-state index < -0.39 is 0 Å². The van der Waals surface area contributed by atoms with Crippen molar-refractivity contribution in [2.75, 3.05) is 32.1 Å². The van der Waals surface area contributed by atoms with Gasteiger partial charge in [0.15, 0.2) is 0 Å². The summed E-state index contributed by atoms with van der Waals surface area (Å²) in [7, 11) is 1.72. The van der Waals surface area contributed by atoms with E-state index in [0.29, 0.717) is 17.5 Å². The second-order valence-corrected chi connectivity index (χ2v) is 7.13. The summed E-state index contributed by atoms with van der Waals surface area (Å²) < 4.78 is 5.24. The molecule has 1 aromatic rings. The third-order valence-electron chi connectivity index (χ3n) is 5.18. The van der Waals surface area contributed by atoms with Crippen LogP contribution in [0, 0.1) is 5.92 Å². The van der Waals surface area contributed by atoms with E-state index in [4.69, 9.17) is 4.74 Å². The molecule has 2 aliphatic rings. The number of hydrogen-bond acceptors (Lipinski definition) is 4. The summed E-state index contributed by atoms with van der Waals surface area (Å²) in [5.74, 6) is 1.43. The first-order valence-electron chi connectivity index (χ1n) is 9.27. The van der Waals surface area contributed by atoms with Gasteiger partial charge in [0.2, 0.25) is 0 Å². The quantitative estimate of drug-likeness (QED) is 0.899. The zero-order chi connectivity index (χ0) is 16.8. The van der Waals surface area contributed by atoms with E-state index in [-0.39, 0.29) is 5.91 Å². The smallest absolute Gasteiger partial charge is 0.255 e. The molecule has 1 aliphatic carbocycles. The van der Waals surface area contributed by atoms with E-state index >= 15 is 0 Å². The van der Waals surface area contributed by atoms with E-state index in [2.05, 4.69) is 10.3 Å². The van der Waals surface area contributed by atoms with Crippen LogP contribution in [0.2, 0.25) is 0 Å². The van der Waals surface area contributed by atoms with E-state index in [1.165, 1.54) is 32.1 Å². The fourth-order valence-corrected chi connectivity index (χ4v) is 3.87. The van der Waals surface area contributed by atoms with Crippen molar-refractivity contribution in [3.63, 3.8) is 0 Å². The molecule has 1 N–H and O–H groups in total. The van der Waals surface area contributed by atoms with Crippen LogP contribution in [-0.2, 0) is 4.74 Å². The average molecular weight is 331 g/mol. The first-order chi connectivity index (χ1) is 11.8. The van der Waals surface area contributed by atoms with Gasteiger partial charge in [0.05, 0.1) is 12.2 Å². The normalized spacial score (nSPS) is 22.4. The maximum atomic E-state index is 12.7. The number of piperidine rings is 1. The number of nitrogens with one attached hydrogen (secondary N) is 1. The number of carbonyl (C=O) groups excluding carboxylic acids is 1. The molecular weight excluding hydrogens is 302 g/mol. The van der Waals surface area contributed by atoms with Gasteiger partial charge in [-0.05, 0) is 43.7 Å². The second kappa shape index (κ2) is 8.47. The number of carbonyl (C=O) groups is 1. The molecule has 0 spiro atoms. The molecule has 132 valence electrons. The van der Waals surface area contributed by atoms with Gasteiger partial charge in [-0.25, -0.2) is 4.98 Å². The Morgan fingerprint density at radius 2 is 2.08 bits per heavy atom. The van der Waals surface area contributed by atoms with Gasteiger partial charge in [0.25, 0.3) is 5.91 Å². The average Bonchev–Trinajstić information content (AvgIpc) is 2.63. The van der Waals surface area contributed by atoms with Gasteiger partial charge in [0, 0.05) is 32.4 Å². The lowest BCUT2D eigenvalue weighted by atomic mass is 9.95. The summed E-state index contributed by atoms with van der Waals surface area (Å²) in [6.45, 7) is 2.35. The van der Waals surface area contributed by atoms with Crippen molar-refractivity contribution in [1.29, 1.82) is 0 Å². The molecule has 0 radical (unpaired) electrons. The van der Waals surface area contributed by atoms with E-state index in [0.717, 1.165) is 38.4 Å². The molecule has 5 heteroatoms. The molecule has 1 amide bonds.